The first-order chi connectivity index (χ1) is 8.38. The van der Waals surface area contributed by atoms with E-state index in [0.29, 0.717) is 11.8 Å². The van der Waals surface area contributed by atoms with Gasteiger partial charge in [-0.05, 0) is 25.1 Å². The van der Waals surface area contributed by atoms with Crippen molar-refractivity contribution in [3.05, 3.63) is 51.5 Å². The molecule has 0 aliphatic carbocycles. The Balaban J connectivity index is 2.28. The van der Waals surface area contributed by atoms with Gasteiger partial charge in [-0.25, -0.2) is 0 Å². The van der Waals surface area contributed by atoms with E-state index in [1.807, 2.05) is 6.92 Å². The van der Waals surface area contributed by atoms with E-state index < -0.39 is 11.7 Å². The molecule has 94 valence electrons. The van der Waals surface area contributed by atoms with Gasteiger partial charge in [-0.15, -0.1) is 11.3 Å². The van der Waals surface area contributed by atoms with Crippen LogP contribution in [0, 0.1) is 6.92 Å². The average molecular weight is 271 g/mol. The Labute approximate surface area is 105 Å². The minimum atomic E-state index is -4.44. The zero-order valence-corrected chi connectivity index (χ0v) is 10.1. The van der Waals surface area contributed by atoms with E-state index in [1.54, 1.807) is 11.4 Å². The van der Waals surface area contributed by atoms with Crippen LogP contribution >= 0.6 is 11.3 Å². The van der Waals surface area contributed by atoms with Gasteiger partial charge in [0.2, 0.25) is 5.78 Å². The second kappa shape index (κ2) is 4.53. The lowest BCUT2D eigenvalue weighted by molar-refractivity contribution is -0.137. The average Bonchev–Trinajstić information content (AvgIpc) is 2.74. The zero-order valence-electron chi connectivity index (χ0n) is 9.28. The number of aromatic nitrogens is 1. The maximum Gasteiger partial charge on any atom is 0.417 e. The highest BCUT2D eigenvalue weighted by molar-refractivity contribution is 7.10. The molecular weight excluding hydrogens is 263 g/mol. The molecule has 2 heterocycles. The molecule has 0 bridgehead atoms. The summed E-state index contributed by atoms with van der Waals surface area (Å²) in [6.45, 7) is 1.85. The van der Waals surface area contributed by atoms with Gasteiger partial charge in [-0.3, -0.25) is 9.78 Å². The first-order valence-electron chi connectivity index (χ1n) is 5.01. The summed E-state index contributed by atoms with van der Waals surface area (Å²) < 4.78 is 37.0. The van der Waals surface area contributed by atoms with Gasteiger partial charge in [0.1, 0.15) is 5.69 Å². The van der Waals surface area contributed by atoms with E-state index in [-0.39, 0.29) is 11.5 Å². The molecule has 0 atom stereocenters. The Morgan fingerprint density at radius 3 is 2.50 bits per heavy atom. The number of pyridine rings is 1. The number of halogens is 3. The lowest BCUT2D eigenvalue weighted by atomic mass is 10.1. The molecule has 2 aromatic rings. The van der Waals surface area contributed by atoms with Crippen molar-refractivity contribution < 1.29 is 18.0 Å². The van der Waals surface area contributed by atoms with Crippen LogP contribution in [0.5, 0.6) is 0 Å². The number of carbonyl (C=O) groups is 1. The largest absolute Gasteiger partial charge is 0.417 e. The molecule has 0 spiro atoms. The Kier molecular flexibility index (Phi) is 3.21. The summed E-state index contributed by atoms with van der Waals surface area (Å²) in [4.78, 5) is 16.4. The van der Waals surface area contributed by atoms with Crippen LogP contribution in [0.2, 0.25) is 0 Å². The number of thiophene rings is 1. The molecule has 0 amide bonds. The van der Waals surface area contributed by atoms with Crippen LogP contribution in [0.1, 0.15) is 26.5 Å². The third kappa shape index (κ3) is 2.59. The summed E-state index contributed by atoms with van der Waals surface area (Å²) in [5, 5.41) is 1.66. The lowest BCUT2D eigenvalue weighted by Crippen LogP contribution is -2.08. The fourth-order valence-corrected chi connectivity index (χ4v) is 2.09. The third-order valence-electron chi connectivity index (χ3n) is 2.32. The summed E-state index contributed by atoms with van der Waals surface area (Å²) >= 11 is 1.41. The van der Waals surface area contributed by atoms with Crippen molar-refractivity contribution in [1.29, 1.82) is 0 Å². The highest BCUT2D eigenvalue weighted by Gasteiger charge is 2.31. The van der Waals surface area contributed by atoms with E-state index in [1.165, 1.54) is 11.3 Å². The molecule has 0 N–H and O–H groups in total. The molecule has 0 aliphatic heterocycles. The van der Waals surface area contributed by atoms with Crippen LogP contribution in [-0.4, -0.2) is 10.8 Å². The van der Waals surface area contributed by atoms with Gasteiger partial charge in [-0.1, -0.05) is 0 Å². The fraction of sp³-hybridized carbons (Fsp3) is 0.167. The van der Waals surface area contributed by atoms with Crippen molar-refractivity contribution in [2.45, 2.75) is 13.1 Å². The molecule has 0 saturated heterocycles. The molecule has 0 aromatic carbocycles. The smallest absolute Gasteiger partial charge is 0.287 e. The standard InChI is InChI=1S/C12H8F3NOS/c1-7-4-8(6-18-7)11(17)10-3-2-9(5-16-10)12(13,14)15/h2-6H,1H3. The van der Waals surface area contributed by atoms with Gasteiger partial charge in [0.05, 0.1) is 5.56 Å². The van der Waals surface area contributed by atoms with Crippen molar-refractivity contribution in [1.82, 2.24) is 4.98 Å². The van der Waals surface area contributed by atoms with Crippen LogP contribution < -0.4 is 0 Å². The molecule has 2 nitrogen and oxygen atoms in total. The molecule has 18 heavy (non-hydrogen) atoms. The number of hydrogen-bond acceptors (Lipinski definition) is 3. The van der Waals surface area contributed by atoms with Gasteiger partial charge >= 0.3 is 6.18 Å². The summed E-state index contributed by atoms with van der Waals surface area (Å²) in [6, 6.07) is 3.64. The number of carbonyl (C=O) groups excluding carboxylic acids is 1. The number of ketones is 1. The number of hydrogen-bond donors (Lipinski definition) is 0. The van der Waals surface area contributed by atoms with Crippen LogP contribution in [0.25, 0.3) is 0 Å². The predicted octanol–water partition coefficient (Wildman–Crippen LogP) is 3.70. The van der Waals surface area contributed by atoms with Crippen molar-refractivity contribution in [2.75, 3.05) is 0 Å². The summed E-state index contributed by atoms with van der Waals surface area (Å²) in [7, 11) is 0. The summed E-state index contributed by atoms with van der Waals surface area (Å²) in [5.41, 5.74) is -0.397. The van der Waals surface area contributed by atoms with Gasteiger partial charge < -0.3 is 0 Å². The number of aryl methyl sites for hydroxylation is 1. The second-order valence-corrected chi connectivity index (χ2v) is 4.82. The van der Waals surface area contributed by atoms with Gasteiger partial charge in [0.15, 0.2) is 0 Å². The molecule has 6 heteroatoms. The van der Waals surface area contributed by atoms with Gasteiger partial charge in [0, 0.05) is 22.0 Å². The molecule has 0 unspecified atom stereocenters. The van der Waals surface area contributed by atoms with Crippen molar-refractivity contribution in [2.24, 2.45) is 0 Å². The summed E-state index contributed by atoms with van der Waals surface area (Å²) in [6.07, 6.45) is -3.76. The van der Waals surface area contributed by atoms with E-state index in [9.17, 15) is 18.0 Å². The van der Waals surface area contributed by atoms with E-state index in [2.05, 4.69) is 4.98 Å². The van der Waals surface area contributed by atoms with Crippen LogP contribution in [-0.2, 0) is 6.18 Å². The Bertz CT molecular complexity index is 572. The Morgan fingerprint density at radius 1 is 1.33 bits per heavy atom. The lowest BCUT2D eigenvalue weighted by Gasteiger charge is -2.05. The normalized spacial score (nSPS) is 11.6. The summed E-state index contributed by atoms with van der Waals surface area (Å²) in [5.74, 6) is -0.368. The highest BCUT2D eigenvalue weighted by Crippen LogP contribution is 2.28. The Morgan fingerprint density at radius 2 is 2.06 bits per heavy atom. The van der Waals surface area contributed by atoms with Gasteiger partial charge in [-0.2, -0.15) is 13.2 Å². The van der Waals surface area contributed by atoms with Crippen LogP contribution in [0.15, 0.2) is 29.8 Å². The fourth-order valence-electron chi connectivity index (χ4n) is 1.41. The monoisotopic (exact) mass is 271 g/mol. The minimum Gasteiger partial charge on any atom is -0.287 e. The molecule has 0 saturated carbocycles. The number of nitrogens with zero attached hydrogens (tertiary/aromatic N) is 1. The second-order valence-electron chi connectivity index (χ2n) is 3.71. The SMILES string of the molecule is Cc1cc(C(=O)c2ccc(C(F)(F)F)cn2)cs1. The predicted molar refractivity (Wildman–Crippen MR) is 61.7 cm³/mol. The van der Waals surface area contributed by atoms with Gasteiger partial charge in [0.25, 0.3) is 0 Å². The maximum atomic E-state index is 12.3. The minimum absolute atomic E-state index is 0.0146. The van der Waals surface area contributed by atoms with Crippen molar-refractivity contribution >= 4 is 17.1 Å². The topological polar surface area (TPSA) is 30.0 Å². The third-order valence-corrected chi connectivity index (χ3v) is 3.18. The van der Waals surface area contributed by atoms with Crippen molar-refractivity contribution in [3.8, 4) is 0 Å². The quantitative estimate of drug-likeness (QED) is 0.779. The first-order valence-corrected chi connectivity index (χ1v) is 5.89. The first kappa shape index (κ1) is 12.8. The molecule has 0 radical (unpaired) electrons. The zero-order chi connectivity index (χ0) is 13.3. The molecular formula is C12H8F3NOS. The maximum absolute atomic E-state index is 12.3. The van der Waals surface area contributed by atoms with Crippen LogP contribution in [0.4, 0.5) is 13.2 Å². The Hall–Kier alpha value is -1.69. The molecule has 2 aromatic heterocycles. The van der Waals surface area contributed by atoms with Crippen LogP contribution in [0.3, 0.4) is 0 Å². The highest BCUT2D eigenvalue weighted by atomic mass is 32.1. The molecule has 0 aliphatic rings. The molecule has 0 fully saturated rings. The van der Waals surface area contributed by atoms with Crippen molar-refractivity contribution in [3.63, 3.8) is 0 Å². The van der Waals surface area contributed by atoms with E-state index in [0.717, 1.165) is 17.0 Å². The number of rotatable bonds is 2. The van der Waals surface area contributed by atoms with E-state index in [4.69, 9.17) is 0 Å². The molecule has 2 rings (SSSR count). The number of alkyl halides is 3. The van der Waals surface area contributed by atoms with E-state index >= 15 is 0 Å².